The van der Waals surface area contributed by atoms with Crippen molar-refractivity contribution in [2.24, 2.45) is 0 Å². The summed E-state index contributed by atoms with van der Waals surface area (Å²) in [4.78, 5) is 0. The molecule has 2 aromatic heterocycles. The lowest BCUT2D eigenvalue weighted by molar-refractivity contribution is 0.914. The average molecular weight is 331 g/mol. The zero-order valence-electron chi connectivity index (χ0n) is 13.3. The molecule has 0 saturated carbocycles. The number of nitrogens with zero attached hydrogens (tertiary/aromatic N) is 3. The molecule has 1 atom stereocenters. The number of aryl methyl sites for hydroxylation is 1. The molecule has 118 valence electrons. The molecule has 4 aromatic rings. The normalized spacial score (nSPS) is 12.4. The summed E-state index contributed by atoms with van der Waals surface area (Å²) in [7, 11) is 0. The zero-order chi connectivity index (χ0) is 16.4. The maximum Gasteiger partial charge on any atom is 0.196 e. The number of rotatable bonds is 4. The first-order chi connectivity index (χ1) is 11.8. The van der Waals surface area contributed by atoms with Crippen molar-refractivity contribution in [2.45, 2.75) is 17.3 Å². The maximum absolute atomic E-state index is 4.39. The van der Waals surface area contributed by atoms with Crippen molar-refractivity contribution in [3.8, 4) is 0 Å². The van der Waals surface area contributed by atoms with E-state index in [4.69, 9.17) is 0 Å². The first-order valence-electron chi connectivity index (χ1n) is 7.90. The van der Waals surface area contributed by atoms with E-state index in [1.165, 1.54) is 16.7 Å². The fraction of sp³-hybridized carbons (Fsp3) is 0.100. The Morgan fingerprint density at radius 2 is 1.58 bits per heavy atom. The number of hydrogen-bond acceptors (Lipinski definition) is 3. The second-order valence-corrected chi connectivity index (χ2v) is 6.75. The molecule has 0 aliphatic rings. The van der Waals surface area contributed by atoms with Crippen LogP contribution in [0.25, 0.3) is 5.65 Å². The summed E-state index contributed by atoms with van der Waals surface area (Å²) in [5.74, 6) is 0. The lowest BCUT2D eigenvalue weighted by atomic mass is 10.0. The van der Waals surface area contributed by atoms with E-state index in [1.54, 1.807) is 11.8 Å². The molecule has 2 aromatic carbocycles. The van der Waals surface area contributed by atoms with Crippen LogP contribution >= 0.6 is 11.8 Å². The van der Waals surface area contributed by atoms with Crippen LogP contribution in [0.15, 0.2) is 84.1 Å². The van der Waals surface area contributed by atoms with E-state index in [0.29, 0.717) is 0 Å². The predicted octanol–water partition coefficient (Wildman–Crippen LogP) is 4.92. The predicted molar refractivity (Wildman–Crippen MR) is 98.3 cm³/mol. The highest BCUT2D eigenvalue weighted by atomic mass is 32.2. The molecule has 4 heteroatoms. The van der Waals surface area contributed by atoms with Gasteiger partial charge in [-0.15, -0.1) is 10.2 Å². The highest BCUT2D eigenvalue weighted by Crippen LogP contribution is 2.40. The van der Waals surface area contributed by atoms with Crippen molar-refractivity contribution >= 4 is 17.4 Å². The number of benzene rings is 2. The van der Waals surface area contributed by atoms with Gasteiger partial charge in [-0.05, 0) is 35.7 Å². The Kier molecular flexibility index (Phi) is 4.05. The summed E-state index contributed by atoms with van der Waals surface area (Å²) in [6.45, 7) is 2.16. The standard InChI is InChI=1S/C20H17N3S/c1-15-9-5-6-12-17(15)19(16-10-3-2-4-11-16)24-20-22-21-18-13-7-8-14-23(18)20/h2-14,19H,1H3/t19-/m1/s1. The van der Waals surface area contributed by atoms with Crippen LogP contribution in [0, 0.1) is 6.92 Å². The first kappa shape index (κ1) is 15.0. The van der Waals surface area contributed by atoms with Gasteiger partial charge in [-0.2, -0.15) is 0 Å². The van der Waals surface area contributed by atoms with Crippen LogP contribution < -0.4 is 0 Å². The number of fused-ring (bicyclic) bond motifs is 1. The maximum atomic E-state index is 4.39. The molecule has 0 unspecified atom stereocenters. The van der Waals surface area contributed by atoms with E-state index in [1.807, 2.05) is 28.8 Å². The van der Waals surface area contributed by atoms with Gasteiger partial charge in [0.25, 0.3) is 0 Å². The molecule has 0 aliphatic carbocycles. The smallest absolute Gasteiger partial charge is 0.196 e. The Bertz CT molecular complexity index is 963. The Balaban J connectivity index is 1.80. The van der Waals surface area contributed by atoms with Gasteiger partial charge in [-0.25, -0.2) is 0 Å². The number of thioether (sulfide) groups is 1. The van der Waals surface area contributed by atoms with Crippen LogP contribution in [0.4, 0.5) is 0 Å². The van der Waals surface area contributed by atoms with Crippen LogP contribution in [-0.2, 0) is 0 Å². The minimum absolute atomic E-state index is 0.181. The minimum atomic E-state index is 0.181. The second-order valence-electron chi connectivity index (χ2n) is 5.68. The molecule has 0 fully saturated rings. The highest BCUT2D eigenvalue weighted by Gasteiger charge is 2.20. The summed E-state index contributed by atoms with van der Waals surface area (Å²) >= 11 is 1.73. The third-order valence-corrected chi connectivity index (χ3v) is 5.33. The molecule has 4 rings (SSSR count). The molecule has 0 saturated heterocycles. The van der Waals surface area contributed by atoms with E-state index < -0.39 is 0 Å². The molecular weight excluding hydrogens is 314 g/mol. The van der Waals surface area contributed by atoms with Crippen molar-refractivity contribution in [2.75, 3.05) is 0 Å². The fourth-order valence-electron chi connectivity index (χ4n) is 2.83. The van der Waals surface area contributed by atoms with Gasteiger partial charge in [0.05, 0.1) is 5.25 Å². The van der Waals surface area contributed by atoms with E-state index in [9.17, 15) is 0 Å². The monoisotopic (exact) mass is 331 g/mol. The van der Waals surface area contributed by atoms with E-state index in [2.05, 4.69) is 71.7 Å². The topological polar surface area (TPSA) is 30.2 Å². The number of hydrogen-bond donors (Lipinski definition) is 0. The van der Waals surface area contributed by atoms with Crippen LogP contribution in [0.1, 0.15) is 21.9 Å². The SMILES string of the molecule is Cc1ccccc1[C@H](Sc1nnc2ccccn12)c1ccccc1. The third kappa shape index (κ3) is 2.81. The van der Waals surface area contributed by atoms with Crippen LogP contribution in [0.2, 0.25) is 0 Å². The van der Waals surface area contributed by atoms with Crippen molar-refractivity contribution in [3.05, 3.63) is 95.7 Å². The molecule has 0 radical (unpaired) electrons. The van der Waals surface area contributed by atoms with Crippen molar-refractivity contribution in [1.29, 1.82) is 0 Å². The summed E-state index contributed by atoms with van der Waals surface area (Å²) in [6.07, 6.45) is 2.01. The van der Waals surface area contributed by atoms with Gasteiger partial charge >= 0.3 is 0 Å². The lowest BCUT2D eigenvalue weighted by Crippen LogP contribution is -2.01. The molecule has 0 amide bonds. The van der Waals surface area contributed by atoms with E-state index >= 15 is 0 Å². The Labute approximate surface area is 145 Å². The van der Waals surface area contributed by atoms with Crippen LogP contribution in [-0.4, -0.2) is 14.6 Å². The van der Waals surface area contributed by atoms with Gasteiger partial charge in [0.2, 0.25) is 0 Å². The van der Waals surface area contributed by atoms with Crippen molar-refractivity contribution in [1.82, 2.24) is 14.6 Å². The third-order valence-electron chi connectivity index (χ3n) is 4.08. The summed E-state index contributed by atoms with van der Waals surface area (Å²) < 4.78 is 2.04. The van der Waals surface area contributed by atoms with Crippen molar-refractivity contribution < 1.29 is 0 Å². The summed E-state index contributed by atoms with van der Waals surface area (Å²) in [5, 5.41) is 9.75. The van der Waals surface area contributed by atoms with Crippen molar-refractivity contribution in [3.63, 3.8) is 0 Å². The summed E-state index contributed by atoms with van der Waals surface area (Å²) in [6, 6.07) is 25.1. The highest BCUT2D eigenvalue weighted by molar-refractivity contribution is 7.99. The molecule has 3 nitrogen and oxygen atoms in total. The van der Waals surface area contributed by atoms with Gasteiger partial charge < -0.3 is 0 Å². The lowest BCUT2D eigenvalue weighted by Gasteiger charge is -2.18. The van der Waals surface area contributed by atoms with E-state index in [-0.39, 0.29) is 5.25 Å². The quantitative estimate of drug-likeness (QED) is 0.497. The largest absolute Gasteiger partial charge is 0.277 e. The van der Waals surface area contributed by atoms with Gasteiger partial charge in [0.15, 0.2) is 10.8 Å². The van der Waals surface area contributed by atoms with Crippen LogP contribution in [0.5, 0.6) is 0 Å². The number of aromatic nitrogens is 3. The van der Waals surface area contributed by atoms with Gasteiger partial charge in [0, 0.05) is 6.20 Å². The number of pyridine rings is 1. The Morgan fingerprint density at radius 3 is 2.42 bits per heavy atom. The van der Waals surface area contributed by atoms with Gasteiger partial charge in [0.1, 0.15) is 0 Å². The molecule has 0 bridgehead atoms. The minimum Gasteiger partial charge on any atom is -0.277 e. The molecule has 0 N–H and O–H groups in total. The Morgan fingerprint density at radius 1 is 0.833 bits per heavy atom. The molecule has 2 heterocycles. The first-order valence-corrected chi connectivity index (χ1v) is 8.78. The molecule has 0 aliphatic heterocycles. The summed E-state index contributed by atoms with van der Waals surface area (Å²) in [5.41, 5.74) is 4.73. The molecule has 24 heavy (non-hydrogen) atoms. The second kappa shape index (κ2) is 6.49. The fourth-order valence-corrected chi connectivity index (χ4v) is 4.08. The molecule has 0 spiro atoms. The average Bonchev–Trinajstić information content (AvgIpc) is 3.04. The Hall–Kier alpha value is -2.59. The van der Waals surface area contributed by atoms with Crippen LogP contribution in [0.3, 0.4) is 0 Å². The molecular formula is C20H17N3S. The van der Waals surface area contributed by atoms with Gasteiger partial charge in [-0.3, -0.25) is 4.40 Å². The zero-order valence-corrected chi connectivity index (χ0v) is 14.1. The van der Waals surface area contributed by atoms with E-state index in [0.717, 1.165) is 10.8 Å². The van der Waals surface area contributed by atoms with Gasteiger partial charge in [-0.1, -0.05) is 72.4 Å².